The van der Waals surface area contributed by atoms with Crippen molar-refractivity contribution in [1.82, 2.24) is 20.1 Å². The van der Waals surface area contributed by atoms with Gasteiger partial charge in [-0.2, -0.15) is 0 Å². The number of rotatable bonds is 4. The van der Waals surface area contributed by atoms with E-state index in [1.807, 2.05) is 6.07 Å². The Morgan fingerprint density at radius 1 is 1.21 bits per heavy atom. The van der Waals surface area contributed by atoms with Crippen LogP contribution < -0.4 is 5.32 Å². The van der Waals surface area contributed by atoms with Gasteiger partial charge in [0.1, 0.15) is 5.82 Å². The molecule has 8 heteroatoms. The fraction of sp³-hybridized carbons (Fsp3) is 0.400. The molecular formula is C20H26ClFIN5. The molecule has 1 aromatic carbocycles. The van der Waals surface area contributed by atoms with Crippen molar-refractivity contribution in [2.24, 2.45) is 4.99 Å². The van der Waals surface area contributed by atoms with Gasteiger partial charge in [0.2, 0.25) is 0 Å². The number of hydrogen-bond donors (Lipinski definition) is 1. The van der Waals surface area contributed by atoms with Gasteiger partial charge >= 0.3 is 0 Å². The average Bonchev–Trinajstić information content (AvgIpc) is 2.68. The van der Waals surface area contributed by atoms with Crippen LogP contribution in [-0.2, 0) is 13.1 Å². The molecule has 1 saturated heterocycles. The van der Waals surface area contributed by atoms with Crippen LogP contribution in [0.5, 0.6) is 0 Å². The Balaban J connectivity index is 0.00000280. The lowest BCUT2D eigenvalue weighted by molar-refractivity contribution is 0.171. The number of aromatic nitrogens is 1. The molecule has 0 spiro atoms. The van der Waals surface area contributed by atoms with E-state index < -0.39 is 0 Å². The SMILES string of the molecule is CN=C(NCc1ncccc1C)N1CCN(Cc2c(F)cccc2Cl)CC1.I. The molecule has 0 saturated carbocycles. The van der Waals surface area contributed by atoms with Crippen LogP contribution in [0.15, 0.2) is 41.5 Å². The molecule has 0 radical (unpaired) electrons. The second kappa shape index (κ2) is 10.9. The number of nitrogens with one attached hydrogen (secondary N) is 1. The number of aliphatic imine (C=N–C) groups is 1. The maximum absolute atomic E-state index is 14.0. The lowest BCUT2D eigenvalue weighted by Crippen LogP contribution is -2.52. The van der Waals surface area contributed by atoms with Gasteiger partial charge in [-0.15, -0.1) is 24.0 Å². The first-order valence-electron chi connectivity index (χ1n) is 9.10. The number of benzene rings is 1. The fourth-order valence-corrected chi connectivity index (χ4v) is 3.45. The summed E-state index contributed by atoms with van der Waals surface area (Å²) in [6, 6.07) is 8.83. The molecule has 152 valence electrons. The van der Waals surface area contributed by atoms with Crippen molar-refractivity contribution in [2.75, 3.05) is 33.2 Å². The van der Waals surface area contributed by atoms with Crippen LogP contribution in [0.2, 0.25) is 5.02 Å². The molecule has 0 amide bonds. The molecule has 1 N–H and O–H groups in total. The third kappa shape index (κ3) is 5.78. The molecule has 5 nitrogen and oxygen atoms in total. The Labute approximate surface area is 188 Å². The number of hydrogen-bond acceptors (Lipinski definition) is 3. The van der Waals surface area contributed by atoms with Crippen molar-refractivity contribution < 1.29 is 4.39 Å². The molecule has 0 aliphatic carbocycles. The van der Waals surface area contributed by atoms with Crippen molar-refractivity contribution in [3.63, 3.8) is 0 Å². The van der Waals surface area contributed by atoms with E-state index >= 15 is 0 Å². The predicted octanol–water partition coefficient (Wildman–Crippen LogP) is 3.69. The van der Waals surface area contributed by atoms with Crippen molar-refractivity contribution in [1.29, 1.82) is 0 Å². The standard InChI is InChI=1S/C20H25ClFN5.HI/c1-15-5-4-8-24-19(15)13-25-20(23-2)27-11-9-26(10-12-27)14-16-17(21)6-3-7-18(16)22;/h3-8H,9-14H2,1-2H3,(H,23,25);1H. The fourth-order valence-electron chi connectivity index (χ4n) is 3.22. The molecular weight excluding hydrogens is 492 g/mol. The summed E-state index contributed by atoms with van der Waals surface area (Å²) >= 11 is 6.15. The lowest BCUT2D eigenvalue weighted by Gasteiger charge is -2.36. The Hall–Kier alpha value is -1.45. The summed E-state index contributed by atoms with van der Waals surface area (Å²) in [6.07, 6.45) is 1.80. The largest absolute Gasteiger partial charge is 0.351 e. The van der Waals surface area contributed by atoms with Crippen LogP contribution in [0, 0.1) is 12.7 Å². The summed E-state index contributed by atoms with van der Waals surface area (Å²) in [5, 5.41) is 3.88. The molecule has 2 aromatic rings. The molecule has 3 rings (SSSR count). The van der Waals surface area contributed by atoms with Gasteiger partial charge < -0.3 is 10.2 Å². The van der Waals surface area contributed by atoms with Gasteiger partial charge in [0.05, 0.1) is 12.2 Å². The minimum absolute atomic E-state index is 0. The Morgan fingerprint density at radius 3 is 2.61 bits per heavy atom. The first-order valence-corrected chi connectivity index (χ1v) is 9.47. The highest BCUT2D eigenvalue weighted by atomic mass is 127. The third-order valence-corrected chi connectivity index (χ3v) is 5.21. The van der Waals surface area contributed by atoms with Crippen LogP contribution in [-0.4, -0.2) is 54.0 Å². The molecule has 1 aliphatic heterocycles. The van der Waals surface area contributed by atoms with Crippen molar-refractivity contribution in [3.8, 4) is 0 Å². The summed E-state index contributed by atoms with van der Waals surface area (Å²) in [6.45, 7) is 6.53. The number of aryl methyl sites for hydroxylation is 1. The van der Waals surface area contributed by atoms with Gasteiger partial charge in [-0.1, -0.05) is 23.7 Å². The Bertz CT molecular complexity index is 789. The predicted molar refractivity (Wildman–Crippen MR) is 123 cm³/mol. The summed E-state index contributed by atoms with van der Waals surface area (Å²) < 4.78 is 14.0. The van der Waals surface area contributed by atoms with E-state index in [1.54, 1.807) is 25.4 Å². The van der Waals surface area contributed by atoms with E-state index in [9.17, 15) is 4.39 Å². The first-order chi connectivity index (χ1) is 13.1. The smallest absolute Gasteiger partial charge is 0.194 e. The molecule has 1 aromatic heterocycles. The molecule has 1 fully saturated rings. The molecule has 28 heavy (non-hydrogen) atoms. The highest BCUT2D eigenvalue weighted by Gasteiger charge is 2.21. The maximum Gasteiger partial charge on any atom is 0.194 e. The van der Waals surface area contributed by atoms with Crippen LogP contribution in [0.4, 0.5) is 4.39 Å². The number of nitrogens with zero attached hydrogens (tertiary/aromatic N) is 4. The molecule has 0 bridgehead atoms. The van der Waals surface area contributed by atoms with E-state index in [1.165, 1.54) is 6.07 Å². The molecule has 0 unspecified atom stereocenters. The number of halogens is 3. The highest BCUT2D eigenvalue weighted by molar-refractivity contribution is 14.0. The third-order valence-electron chi connectivity index (χ3n) is 4.86. The van der Waals surface area contributed by atoms with Crippen LogP contribution in [0.3, 0.4) is 0 Å². The zero-order chi connectivity index (χ0) is 19.2. The van der Waals surface area contributed by atoms with E-state index in [4.69, 9.17) is 11.6 Å². The summed E-state index contributed by atoms with van der Waals surface area (Å²) in [7, 11) is 1.79. The normalized spacial score (nSPS) is 15.3. The number of guanidine groups is 1. The highest BCUT2D eigenvalue weighted by Crippen LogP contribution is 2.21. The van der Waals surface area contributed by atoms with Crippen LogP contribution in [0.1, 0.15) is 16.8 Å². The first kappa shape index (κ1) is 22.8. The molecule has 0 atom stereocenters. The summed E-state index contributed by atoms with van der Waals surface area (Å²) in [5.74, 6) is 0.622. The van der Waals surface area contributed by atoms with Gasteiger partial charge in [-0.25, -0.2) is 4.39 Å². The lowest BCUT2D eigenvalue weighted by atomic mass is 10.2. The average molecular weight is 518 g/mol. The van der Waals surface area contributed by atoms with Gasteiger partial charge in [0.25, 0.3) is 0 Å². The van der Waals surface area contributed by atoms with Crippen molar-refractivity contribution >= 4 is 41.5 Å². The maximum atomic E-state index is 14.0. The van der Waals surface area contributed by atoms with Crippen LogP contribution >= 0.6 is 35.6 Å². The quantitative estimate of drug-likeness (QED) is 0.382. The van der Waals surface area contributed by atoms with Crippen molar-refractivity contribution in [2.45, 2.75) is 20.0 Å². The van der Waals surface area contributed by atoms with Crippen molar-refractivity contribution in [3.05, 3.63) is 64.2 Å². The van der Waals surface area contributed by atoms with E-state index in [0.29, 0.717) is 23.7 Å². The Kier molecular flexibility index (Phi) is 8.91. The van der Waals surface area contributed by atoms with E-state index in [0.717, 1.165) is 43.4 Å². The molecule has 1 aliphatic rings. The van der Waals surface area contributed by atoms with Gasteiger partial charge in [0, 0.05) is 56.6 Å². The van der Waals surface area contributed by atoms with E-state index in [2.05, 4.69) is 38.1 Å². The number of piperazine rings is 1. The zero-order valence-electron chi connectivity index (χ0n) is 16.2. The van der Waals surface area contributed by atoms with Gasteiger partial charge in [-0.05, 0) is 30.7 Å². The van der Waals surface area contributed by atoms with Crippen LogP contribution in [0.25, 0.3) is 0 Å². The minimum Gasteiger partial charge on any atom is -0.351 e. The monoisotopic (exact) mass is 517 g/mol. The molecule has 2 heterocycles. The summed E-state index contributed by atoms with van der Waals surface area (Å²) in [4.78, 5) is 13.2. The van der Waals surface area contributed by atoms with Gasteiger partial charge in [-0.3, -0.25) is 14.9 Å². The topological polar surface area (TPSA) is 43.8 Å². The van der Waals surface area contributed by atoms with Gasteiger partial charge in [0.15, 0.2) is 5.96 Å². The number of pyridine rings is 1. The Morgan fingerprint density at radius 2 is 1.96 bits per heavy atom. The summed E-state index contributed by atoms with van der Waals surface area (Å²) in [5.41, 5.74) is 2.75. The second-order valence-electron chi connectivity index (χ2n) is 6.63. The zero-order valence-corrected chi connectivity index (χ0v) is 19.2. The van der Waals surface area contributed by atoms with E-state index in [-0.39, 0.29) is 29.8 Å². The minimum atomic E-state index is -0.242. The second-order valence-corrected chi connectivity index (χ2v) is 7.04.